The van der Waals surface area contributed by atoms with E-state index < -0.39 is 0 Å². The van der Waals surface area contributed by atoms with Crippen molar-refractivity contribution in [2.24, 2.45) is 0 Å². The number of hydrogen-bond acceptors (Lipinski definition) is 5. The summed E-state index contributed by atoms with van der Waals surface area (Å²) in [6.07, 6.45) is 0. The van der Waals surface area contributed by atoms with Crippen LogP contribution in [-0.4, -0.2) is 36.0 Å². The lowest BCUT2D eigenvalue weighted by atomic mass is 10.1. The Kier molecular flexibility index (Phi) is 4.90. The molecule has 2 aromatic carbocycles. The normalized spacial score (nSPS) is 15.4. The number of piperazine rings is 1. The minimum atomic E-state index is -0.318. The van der Waals surface area contributed by atoms with Gasteiger partial charge in [0.05, 0.1) is 4.92 Å². The van der Waals surface area contributed by atoms with E-state index in [1.54, 1.807) is 19.1 Å². The van der Waals surface area contributed by atoms with E-state index in [1.165, 1.54) is 11.1 Å². The summed E-state index contributed by atoms with van der Waals surface area (Å²) in [5, 5.41) is 11.4. The van der Waals surface area contributed by atoms with Crippen LogP contribution in [0, 0.1) is 24.0 Å². The maximum absolute atomic E-state index is 11.4. The predicted molar refractivity (Wildman–Crippen MR) is 101 cm³/mol. The Morgan fingerprint density at radius 1 is 1.08 bits per heavy atom. The molecule has 6 nitrogen and oxygen atoms in total. The highest BCUT2D eigenvalue weighted by Crippen LogP contribution is 2.33. The number of anilines is 2. The third kappa shape index (κ3) is 3.74. The Balaban J connectivity index is 1.71. The summed E-state index contributed by atoms with van der Waals surface area (Å²) in [7, 11) is 0. The Labute approximate surface area is 148 Å². The second kappa shape index (κ2) is 7.11. The molecule has 0 radical (unpaired) electrons. The molecule has 3 rings (SSSR count). The van der Waals surface area contributed by atoms with Gasteiger partial charge in [0.15, 0.2) is 0 Å². The van der Waals surface area contributed by atoms with E-state index in [0.29, 0.717) is 11.4 Å². The molecule has 2 aromatic rings. The molecule has 0 spiro atoms. The van der Waals surface area contributed by atoms with Gasteiger partial charge in [0.1, 0.15) is 5.69 Å². The highest BCUT2D eigenvalue weighted by atomic mass is 16.6. The van der Waals surface area contributed by atoms with Crippen molar-refractivity contribution in [3.8, 4) is 0 Å². The summed E-state index contributed by atoms with van der Waals surface area (Å²) in [5.41, 5.74) is 10.7. The second-order valence-corrected chi connectivity index (χ2v) is 6.64. The van der Waals surface area contributed by atoms with Crippen molar-refractivity contribution in [3.63, 3.8) is 0 Å². The number of rotatable bonds is 4. The zero-order valence-corrected chi connectivity index (χ0v) is 14.7. The number of nitrogens with two attached hydrogens (primary N) is 1. The Morgan fingerprint density at radius 3 is 2.40 bits per heavy atom. The van der Waals surface area contributed by atoms with Crippen molar-refractivity contribution in [3.05, 3.63) is 63.2 Å². The van der Waals surface area contributed by atoms with Crippen molar-refractivity contribution >= 4 is 17.1 Å². The van der Waals surface area contributed by atoms with Gasteiger partial charge in [-0.05, 0) is 36.6 Å². The van der Waals surface area contributed by atoms with Gasteiger partial charge < -0.3 is 10.6 Å². The van der Waals surface area contributed by atoms with E-state index in [-0.39, 0.29) is 10.6 Å². The maximum atomic E-state index is 11.4. The molecule has 0 bridgehead atoms. The molecule has 1 saturated heterocycles. The van der Waals surface area contributed by atoms with Crippen LogP contribution in [0.3, 0.4) is 0 Å². The second-order valence-electron chi connectivity index (χ2n) is 6.64. The van der Waals surface area contributed by atoms with Crippen molar-refractivity contribution in [2.75, 3.05) is 36.8 Å². The third-order valence-electron chi connectivity index (χ3n) is 4.93. The van der Waals surface area contributed by atoms with Gasteiger partial charge in [-0.15, -0.1) is 0 Å². The minimum absolute atomic E-state index is 0.138. The lowest BCUT2D eigenvalue weighted by Crippen LogP contribution is -2.46. The molecule has 0 unspecified atom stereocenters. The number of hydrogen-bond donors (Lipinski definition) is 1. The SMILES string of the molecule is Cc1cc([N+](=O)[O-])c(N2CCN(Cc3ccccc3C)CC2)cc1N. The van der Waals surface area contributed by atoms with Gasteiger partial charge >= 0.3 is 0 Å². The molecule has 0 amide bonds. The molecule has 6 heteroatoms. The zero-order valence-electron chi connectivity index (χ0n) is 14.7. The molecule has 0 atom stereocenters. The van der Waals surface area contributed by atoms with Gasteiger partial charge in [-0.3, -0.25) is 15.0 Å². The number of aryl methyl sites for hydroxylation is 2. The summed E-state index contributed by atoms with van der Waals surface area (Å²) < 4.78 is 0. The fourth-order valence-corrected chi connectivity index (χ4v) is 3.27. The highest BCUT2D eigenvalue weighted by Gasteiger charge is 2.25. The Hall–Kier alpha value is -2.60. The summed E-state index contributed by atoms with van der Waals surface area (Å²) in [6, 6.07) is 11.7. The van der Waals surface area contributed by atoms with Gasteiger partial charge in [0, 0.05) is 44.5 Å². The molecule has 1 aliphatic rings. The van der Waals surface area contributed by atoms with Crippen LogP contribution in [0.5, 0.6) is 0 Å². The van der Waals surface area contributed by atoms with Crippen LogP contribution in [-0.2, 0) is 6.54 Å². The monoisotopic (exact) mass is 340 g/mol. The predicted octanol–water partition coefficient (Wildman–Crippen LogP) is 3.12. The summed E-state index contributed by atoms with van der Waals surface area (Å²) in [4.78, 5) is 15.5. The van der Waals surface area contributed by atoms with Crippen LogP contribution in [0.1, 0.15) is 16.7 Å². The molecule has 1 fully saturated rings. The number of nitrogens with zero attached hydrogens (tertiary/aromatic N) is 3. The molecule has 0 saturated carbocycles. The molecule has 1 aliphatic heterocycles. The first-order chi connectivity index (χ1) is 12.0. The quantitative estimate of drug-likeness (QED) is 0.526. The minimum Gasteiger partial charge on any atom is -0.398 e. The van der Waals surface area contributed by atoms with Gasteiger partial charge in [0.25, 0.3) is 5.69 Å². The molecule has 132 valence electrons. The fraction of sp³-hybridized carbons (Fsp3) is 0.368. The van der Waals surface area contributed by atoms with Crippen LogP contribution in [0.2, 0.25) is 0 Å². The number of benzene rings is 2. The standard InChI is InChI=1S/C19H24N4O2/c1-14-5-3-4-6-16(14)13-21-7-9-22(10-8-21)18-12-17(20)15(2)11-19(18)23(24)25/h3-6,11-12H,7-10,13,20H2,1-2H3. The molecular formula is C19H24N4O2. The number of nitrogen functional groups attached to an aromatic ring is 1. The Bertz CT molecular complexity index is 783. The fourth-order valence-electron chi connectivity index (χ4n) is 3.27. The van der Waals surface area contributed by atoms with Crippen molar-refractivity contribution < 1.29 is 4.92 Å². The first-order valence-electron chi connectivity index (χ1n) is 8.52. The van der Waals surface area contributed by atoms with Crippen LogP contribution in [0.15, 0.2) is 36.4 Å². The number of nitro benzene ring substituents is 1. The average molecular weight is 340 g/mol. The topological polar surface area (TPSA) is 75.6 Å². The van der Waals surface area contributed by atoms with Crippen LogP contribution in [0.25, 0.3) is 0 Å². The van der Waals surface area contributed by atoms with Gasteiger partial charge in [-0.2, -0.15) is 0 Å². The molecule has 25 heavy (non-hydrogen) atoms. The van der Waals surface area contributed by atoms with Crippen LogP contribution < -0.4 is 10.6 Å². The molecule has 1 heterocycles. The summed E-state index contributed by atoms with van der Waals surface area (Å²) in [5.74, 6) is 0. The molecule has 0 aliphatic carbocycles. The largest absolute Gasteiger partial charge is 0.398 e. The van der Waals surface area contributed by atoms with Crippen molar-refractivity contribution in [2.45, 2.75) is 20.4 Å². The smallest absolute Gasteiger partial charge is 0.292 e. The molecule has 2 N–H and O–H groups in total. The van der Waals surface area contributed by atoms with Gasteiger partial charge in [-0.1, -0.05) is 24.3 Å². The first kappa shape index (κ1) is 17.2. The Morgan fingerprint density at radius 2 is 1.76 bits per heavy atom. The van der Waals surface area contributed by atoms with Gasteiger partial charge in [-0.25, -0.2) is 0 Å². The van der Waals surface area contributed by atoms with Crippen molar-refractivity contribution in [1.82, 2.24) is 4.90 Å². The van der Waals surface area contributed by atoms with E-state index in [4.69, 9.17) is 5.73 Å². The molecular weight excluding hydrogens is 316 g/mol. The van der Waals surface area contributed by atoms with E-state index in [1.807, 2.05) is 0 Å². The summed E-state index contributed by atoms with van der Waals surface area (Å²) in [6.45, 7) is 8.11. The summed E-state index contributed by atoms with van der Waals surface area (Å²) >= 11 is 0. The lowest BCUT2D eigenvalue weighted by Gasteiger charge is -2.36. The zero-order chi connectivity index (χ0) is 18.0. The third-order valence-corrected chi connectivity index (χ3v) is 4.93. The van der Waals surface area contributed by atoms with E-state index >= 15 is 0 Å². The van der Waals surface area contributed by atoms with Crippen LogP contribution in [0.4, 0.5) is 17.1 Å². The van der Waals surface area contributed by atoms with E-state index in [0.717, 1.165) is 38.3 Å². The molecule has 0 aromatic heterocycles. The lowest BCUT2D eigenvalue weighted by molar-refractivity contribution is -0.384. The van der Waals surface area contributed by atoms with E-state index in [9.17, 15) is 10.1 Å². The average Bonchev–Trinajstić information content (AvgIpc) is 2.59. The van der Waals surface area contributed by atoms with Gasteiger partial charge in [0.2, 0.25) is 0 Å². The van der Waals surface area contributed by atoms with E-state index in [2.05, 4.69) is 41.0 Å². The number of nitro groups is 1. The first-order valence-corrected chi connectivity index (χ1v) is 8.52. The maximum Gasteiger partial charge on any atom is 0.292 e. The highest BCUT2D eigenvalue weighted by molar-refractivity contribution is 5.71. The van der Waals surface area contributed by atoms with Crippen LogP contribution >= 0.6 is 0 Å². The van der Waals surface area contributed by atoms with Crippen molar-refractivity contribution in [1.29, 1.82) is 0 Å².